The van der Waals surface area contributed by atoms with Crippen LogP contribution in [0.2, 0.25) is 0 Å². The number of carbonyl (C=O) groups is 2. The van der Waals surface area contributed by atoms with Crippen molar-refractivity contribution in [1.82, 2.24) is 9.88 Å². The average Bonchev–Trinajstić information content (AvgIpc) is 2.87. The van der Waals surface area contributed by atoms with Gasteiger partial charge in [-0.25, -0.2) is 4.98 Å². The molecule has 2 rings (SSSR count). The number of amides is 1. The van der Waals surface area contributed by atoms with Gasteiger partial charge in [0.1, 0.15) is 11.9 Å². The highest BCUT2D eigenvalue weighted by molar-refractivity contribution is 9.10. The van der Waals surface area contributed by atoms with E-state index in [-0.39, 0.29) is 17.8 Å². The molecular weight excluding hydrogens is 324 g/mol. The van der Waals surface area contributed by atoms with Gasteiger partial charge in [0.2, 0.25) is 11.8 Å². The van der Waals surface area contributed by atoms with Crippen molar-refractivity contribution in [2.45, 2.75) is 32.3 Å². The SMILES string of the molecule is CC(=O)CCC(=O)N1CCC(Oc2ccc(Br)cn2)C1. The second kappa shape index (κ2) is 6.83. The first-order chi connectivity index (χ1) is 9.54. The molecule has 1 fully saturated rings. The van der Waals surface area contributed by atoms with Crippen LogP contribution < -0.4 is 4.74 Å². The maximum absolute atomic E-state index is 11.9. The molecule has 1 unspecified atom stereocenters. The number of halogens is 1. The van der Waals surface area contributed by atoms with E-state index >= 15 is 0 Å². The Morgan fingerprint density at radius 3 is 2.90 bits per heavy atom. The van der Waals surface area contributed by atoms with Crippen LogP contribution in [0.4, 0.5) is 0 Å². The van der Waals surface area contributed by atoms with Crippen LogP contribution in [0.15, 0.2) is 22.8 Å². The number of hydrogen-bond donors (Lipinski definition) is 0. The van der Waals surface area contributed by atoms with Gasteiger partial charge in [-0.2, -0.15) is 0 Å². The fourth-order valence-corrected chi connectivity index (χ4v) is 2.33. The van der Waals surface area contributed by atoms with E-state index in [9.17, 15) is 9.59 Å². The Balaban J connectivity index is 1.81. The predicted molar refractivity (Wildman–Crippen MR) is 77.5 cm³/mol. The Morgan fingerprint density at radius 1 is 1.45 bits per heavy atom. The summed E-state index contributed by atoms with van der Waals surface area (Å²) in [6.45, 7) is 2.74. The minimum Gasteiger partial charge on any atom is -0.472 e. The minimum absolute atomic E-state index is 0.0232. The van der Waals surface area contributed by atoms with Crippen molar-refractivity contribution < 1.29 is 14.3 Å². The third-order valence-electron chi connectivity index (χ3n) is 3.18. The lowest BCUT2D eigenvalue weighted by Crippen LogP contribution is -2.31. The highest BCUT2D eigenvalue weighted by atomic mass is 79.9. The zero-order chi connectivity index (χ0) is 14.5. The molecule has 1 aliphatic rings. The third kappa shape index (κ3) is 4.30. The molecule has 0 spiro atoms. The summed E-state index contributed by atoms with van der Waals surface area (Å²) in [7, 11) is 0. The molecule has 0 aliphatic carbocycles. The molecule has 2 heterocycles. The van der Waals surface area contributed by atoms with E-state index in [2.05, 4.69) is 20.9 Å². The van der Waals surface area contributed by atoms with Crippen LogP contribution in [0.1, 0.15) is 26.2 Å². The molecule has 1 amide bonds. The van der Waals surface area contributed by atoms with Crippen LogP contribution in [0.25, 0.3) is 0 Å². The van der Waals surface area contributed by atoms with Crippen LogP contribution >= 0.6 is 15.9 Å². The summed E-state index contributed by atoms with van der Waals surface area (Å²) in [5.74, 6) is 0.635. The van der Waals surface area contributed by atoms with Gasteiger partial charge in [-0.3, -0.25) is 4.79 Å². The van der Waals surface area contributed by atoms with E-state index in [1.165, 1.54) is 6.92 Å². The molecular formula is C14H17BrN2O3. The molecule has 1 aliphatic heterocycles. The van der Waals surface area contributed by atoms with E-state index in [1.807, 2.05) is 6.07 Å². The first-order valence-corrected chi connectivity index (χ1v) is 7.39. The Kier molecular flexibility index (Phi) is 5.11. The van der Waals surface area contributed by atoms with Crippen LogP contribution in [0.5, 0.6) is 5.88 Å². The molecule has 1 saturated heterocycles. The summed E-state index contributed by atoms with van der Waals surface area (Å²) < 4.78 is 6.64. The Hall–Kier alpha value is -1.43. The number of ketones is 1. The number of nitrogens with zero attached hydrogens (tertiary/aromatic N) is 2. The number of likely N-dealkylation sites (tertiary alicyclic amines) is 1. The summed E-state index contributed by atoms with van der Waals surface area (Å²) >= 11 is 3.32. The maximum Gasteiger partial charge on any atom is 0.223 e. The molecule has 20 heavy (non-hydrogen) atoms. The molecule has 1 atom stereocenters. The summed E-state index contributed by atoms with van der Waals surface area (Å²) in [5.41, 5.74) is 0. The molecule has 108 valence electrons. The van der Waals surface area contributed by atoms with Gasteiger partial charge in [0.25, 0.3) is 0 Å². The molecule has 5 nitrogen and oxygen atoms in total. The first kappa shape index (κ1) is 15.0. The summed E-state index contributed by atoms with van der Waals surface area (Å²) in [6, 6.07) is 3.66. The van der Waals surface area contributed by atoms with E-state index in [0.717, 1.165) is 10.9 Å². The quantitative estimate of drug-likeness (QED) is 0.824. The van der Waals surface area contributed by atoms with Gasteiger partial charge in [-0.15, -0.1) is 0 Å². The largest absolute Gasteiger partial charge is 0.472 e. The highest BCUT2D eigenvalue weighted by Gasteiger charge is 2.27. The number of aromatic nitrogens is 1. The molecule has 0 aromatic carbocycles. The van der Waals surface area contributed by atoms with Crippen molar-refractivity contribution in [1.29, 1.82) is 0 Å². The van der Waals surface area contributed by atoms with Crippen molar-refractivity contribution >= 4 is 27.6 Å². The number of ether oxygens (including phenoxy) is 1. The van der Waals surface area contributed by atoms with Gasteiger partial charge in [0, 0.05) is 42.5 Å². The lowest BCUT2D eigenvalue weighted by molar-refractivity contribution is -0.132. The van der Waals surface area contributed by atoms with Gasteiger partial charge < -0.3 is 14.4 Å². The number of rotatable bonds is 5. The number of carbonyl (C=O) groups excluding carboxylic acids is 2. The number of pyridine rings is 1. The molecule has 0 saturated carbocycles. The highest BCUT2D eigenvalue weighted by Crippen LogP contribution is 2.19. The third-order valence-corrected chi connectivity index (χ3v) is 3.65. The van der Waals surface area contributed by atoms with Gasteiger partial charge in [-0.05, 0) is 28.9 Å². The Bertz CT molecular complexity index is 490. The van der Waals surface area contributed by atoms with Crippen molar-refractivity contribution in [3.05, 3.63) is 22.8 Å². The molecule has 1 aromatic heterocycles. The monoisotopic (exact) mass is 340 g/mol. The van der Waals surface area contributed by atoms with E-state index in [1.54, 1.807) is 17.2 Å². The maximum atomic E-state index is 11.9. The van der Waals surface area contributed by atoms with Crippen LogP contribution in [-0.4, -0.2) is 40.8 Å². The molecule has 6 heteroatoms. The van der Waals surface area contributed by atoms with Gasteiger partial charge in [0.15, 0.2) is 0 Å². The zero-order valence-electron chi connectivity index (χ0n) is 11.3. The van der Waals surface area contributed by atoms with Crippen molar-refractivity contribution in [3.63, 3.8) is 0 Å². The van der Waals surface area contributed by atoms with Crippen molar-refractivity contribution in [3.8, 4) is 5.88 Å². The van der Waals surface area contributed by atoms with Crippen molar-refractivity contribution in [2.24, 2.45) is 0 Å². The van der Waals surface area contributed by atoms with E-state index in [0.29, 0.717) is 31.8 Å². The Labute approximate surface area is 126 Å². The molecule has 0 bridgehead atoms. The van der Waals surface area contributed by atoms with Crippen LogP contribution in [0.3, 0.4) is 0 Å². The fourth-order valence-electron chi connectivity index (χ4n) is 2.09. The fraction of sp³-hybridized carbons (Fsp3) is 0.500. The number of hydrogen-bond acceptors (Lipinski definition) is 4. The lowest BCUT2D eigenvalue weighted by atomic mass is 10.2. The van der Waals surface area contributed by atoms with Gasteiger partial charge >= 0.3 is 0 Å². The second-order valence-electron chi connectivity index (χ2n) is 4.88. The lowest BCUT2D eigenvalue weighted by Gasteiger charge is -2.16. The first-order valence-electron chi connectivity index (χ1n) is 6.60. The topological polar surface area (TPSA) is 59.5 Å². The van der Waals surface area contributed by atoms with Gasteiger partial charge in [0.05, 0.1) is 6.54 Å². The van der Waals surface area contributed by atoms with E-state index < -0.39 is 0 Å². The second-order valence-corrected chi connectivity index (χ2v) is 5.80. The average molecular weight is 341 g/mol. The normalized spacial score (nSPS) is 18.1. The molecule has 1 aromatic rings. The summed E-state index contributed by atoms with van der Waals surface area (Å²) in [6.07, 6.45) is 3.06. The minimum atomic E-state index is -0.0232. The Morgan fingerprint density at radius 2 is 2.25 bits per heavy atom. The van der Waals surface area contributed by atoms with Crippen LogP contribution in [0, 0.1) is 0 Å². The summed E-state index contributed by atoms with van der Waals surface area (Å²) in [5, 5.41) is 0. The standard InChI is InChI=1S/C14H17BrN2O3/c1-10(18)2-5-14(19)17-7-6-12(9-17)20-13-4-3-11(15)8-16-13/h3-4,8,12H,2,5-7,9H2,1H3. The van der Waals surface area contributed by atoms with E-state index in [4.69, 9.17) is 4.74 Å². The predicted octanol–water partition coefficient (Wildman–Crippen LogP) is 2.19. The molecule has 0 radical (unpaired) electrons. The van der Waals surface area contributed by atoms with Crippen molar-refractivity contribution in [2.75, 3.05) is 13.1 Å². The smallest absolute Gasteiger partial charge is 0.223 e. The zero-order valence-corrected chi connectivity index (χ0v) is 12.9. The number of Topliss-reactive ketones (excluding diaryl/α,β-unsaturated/α-hetero) is 1. The molecule has 0 N–H and O–H groups in total. The van der Waals surface area contributed by atoms with Gasteiger partial charge in [-0.1, -0.05) is 0 Å². The van der Waals surface area contributed by atoms with Crippen LogP contribution in [-0.2, 0) is 9.59 Å². The summed E-state index contributed by atoms with van der Waals surface area (Å²) in [4.78, 5) is 28.7.